The normalized spacial score (nSPS) is 11.9. The van der Waals surface area contributed by atoms with E-state index in [-0.39, 0.29) is 5.91 Å². The molecule has 3 rings (SSSR count). The first kappa shape index (κ1) is 18.6. The summed E-state index contributed by atoms with van der Waals surface area (Å²) in [7, 11) is 0. The molecule has 0 radical (unpaired) electrons. The molecule has 0 fully saturated rings. The van der Waals surface area contributed by atoms with Crippen LogP contribution >= 0.6 is 0 Å². The zero-order valence-corrected chi connectivity index (χ0v) is 16.1. The van der Waals surface area contributed by atoms with Crippen LogP contribution in [-0.4, -0.2) is 26.5 Å². The predicted octanol–water partition coefficient (Wildman–Crippen LogP) is 3.28. The smallest absolute Gasteiger partial charge is 0.261 e. The standard InChI is InChI=1S/C21H24N4O2/c1-14-6-5-7-19(15(14)2)27-16(3)21(26)24-13-18-8-9-23-20(12-18)25-11-10-22-17(25)4/h5-12,16H,13H2,1-4H3,(H,24,26)/t16-/m1/s1. The molecule has 0 spiro atoms. The zero-order valence-electron chi connectivity index (χ0n) is 16.1. The molecule has 0 aliphatic rings. The molecule has 0 aliphatic carbocycles. The maximum atomic E-state index is 12.4. The fourth-order valence-corrected chi connectivity index (χ4v) is 2.75. The Morgan fingerprint density at radius 1 is 1.19 bits per heavy atom. The second kappa shape index (κ2) is 8.03. The van der Waals surface area contributed by atoms with E-state index < -0.39 is 6.10 Å². The third-order valence-corrected chi connectivity index (χ3v) is 4.58. The molecule has 2 aromatic heterocycles. The summed E-state index contributed by atoms with van der Waals surface area (Å²) in [4.78, 5) is 21.0. The van der Waals surface area contributed by atoms with E-state index in [0.29, 0.717) is 6.54 Å². The minimum absolute atomic E-state index is 0.159. The monoisotopic (exact) mass is 364 g/mol. The number of ether oxygens (including phenoxy) is 1. The Balaban J connectivity index is 1.62. The van der Waals surface area contributed by atoms with Crippen molar-refractivity contribution in [1.29, 1.82) is 0 Å². The van der Waals surface area contributed by atoms with Crippen molar-refractivity contribution < 1.29 is 9.53 Å². The van der Waals surface area contributed by atoms with Gasteiger partial charge in [0.1, 0.15) is 17.4 Å². The van der Waals surface area contributed by atoms with Gasteiger partial charge in [0.05, 0.1) is 0 Å². The first-order chi connectivity index (χ1) is 13.0. The van der Waals surface area contributed by atoms with E-state index in [1.165, 1.54) is 0 Å². The molecule has 140 valence electrons. The van der Waals surface area contributed by atoms with Crippen LogP contribution in [0.4, 0.5) is 0 Å². The fourth-order valence-electron chi connectivity index (χ4n) is 2.75. The largest absolute Gasteiger partial charge is 0.481 e. The fraction of sp³-hybridized carbons (Fsp3) is 0.286. The average Bonchev–Trinajstić information content (AvgIpc) is 3.09. The SMILES string of the molecule is Cc1cccc(O[C@H](C)C(=O)NCc2ccnc(-n3ccnc3C)c2)c1C. The summed E-state index contributed by atoms with van der Waals surface area (Å²) >= 11 is 0. The number of benzene rings is 1. The van der Waals surface area contributed by atoms with Crippen molar-refractivity contribution in [2.24, 2.45) is 0 Å². The van der Waals surface area contributed by atoms with Crippen LogP contribution in [0.3, 0.4) is 0 Å². The van der Waals surface area contributed by atoms with Gasteiger partial charge in [-0.25, -0.2) is 9.97 Å². The van der Waals surface area contributed by atoms with E-state index in [2.05, 4.69) is 15.3 Å². The lowest BCUT2D eigenvalue weighted by atomic mass is 10.1. The molecule has 27 heavy (non-hydrogen) atoms. The van der Waals surface area contributed by atoms with Crippen molar-refractivity contribution in [2.75, 3.05) is 0 Å². The summed E-state index contributed by atoms with van der Waals surface area (Å²) in [6.07, 6.45) is 4.74. The summed E-state index contributed by atoms with van der Waals surface area (Å²) in [6.45, 7) is 8.09. The Labute approximate surface area is 159 Å². The van der Waals surface area contributed by atoms with Gasteiger partial charge < -0.3 is 10.1 Å². The van der Waals surface area contributed by atoms with Gasteiger partial charge in [0, 0.05) is 25.1 Å². The van der Waals surface area contributed by atoms with Gasteiger partial charge in [-0.2, -0.15) is 0 Å². The minimum Gasteiger partial charge on any atom is -0.481 e. The molecular formula is C21H24N4O2. The number of hydrogen-bond acceptors (Lipinski definition) is 4. The predicted molar refractivity (Wildman–Crippen MR) is 104 cm³/mol. The Morgan fingerprint density at radius 3 is 2.74 bits per heavy atom. The van der Waals surface area contributed by atoms with Gasteiger partial charge in [-0.1, -0.05) is 12.1 Å². The van der Waals surface area contributed by atoms with Crippen LogP contribution in [0.15, 0.2) is 48.9 Å². The maximum absolute atomic E-state index is 12.4. The summed E-state index contributed by atoms with van der Waals surface area (Å²) in [5.74, 6) is 2.21. The van der Waals surface area contributed by atoms with Gasteiger partial charge in [0.15, 0.2) is 6.10 Å². The van der Waals surface area contributed by atoms with E-state index in [1.807, 2.05) is 61.9 Å². The summed E-state index contributed by atoms with van der Waals surface area (Å²) in [5.41, 5.74) is 3.14. The van der Waals surface area contributed by atoms with Crippen LogP contribution < -0.4 is 10.1 Å². The topological polar surface area (TPSA) is 69.0 Å². The Bertz CT molecular complexity index is 949. The summed E-state index contributed by atoms with van der Waals surface area (Å²) in [5, 5.41) is 2.92. The number of imidazole rings is 1. The minimum atomic E-state index is -0.581. The molecule has 6 nitrogen and oxygen atoms in total. The Morgan fingerprint density at radius 2 is 2.00 bits per heavy atom. The van der Waals surface area contributed by atoms with Gasteiger partial charge in [-0.3, -0.25) is 9.36 Å². The third-order valence-electron chi connectivity index (χ3n) is 4.58. The average molecular weight is 364 g/mol. The van der Waals surface area contributed by atoms with E-state index >= 15 is 0 Å². The highest BCUT2D eigenvalue weighted by atomic mass is 16.5. The molecule has 2 heterocycles. The number of carbonyl (C=O) groups is 1. The summed E-state index contributed by atoms with van der Waals surface area (Å²) < 4.78 is 7.74. The molecule has 1 N–H and O–H groups in total. The van der Waals surface area contributed by atoms with E-state index in [0.717, 1.165) is 34.1 Å². The van der Waals surface area contributed by atoms with Crippen LogP contribution in [0.2, 0.25) is 0 Å². The number of rotatable bonds is 6. The van der Waals surface area contributed by atoms with Crippen molar-refractivity contribution in [3.05, 3.63) is 71.4 Å². The van der Waals surface area contributed by atoms with Crippen molar-refractivity contribution in [2.45, 2.75) is 40.3 Å². The molecule has 6 heteroatoms. The van der Waals surface area contributed by atoms with E-state index in [9.17, 15) is 4.79 Å². The first-order valence-corrected chi connectivity index (χ1v) is 8.91. The number of carbonyl (C=O) groups excluding carboxylic acids is 1. The Hall–Kier alpha value is -3.15. The van der Waals surface area contributed by atoms with Crippen molar-refractivity contribution in [3.8, 4) is 11.6 Å². The van der Waals surface area contributed by atoms with Crippen LogP contribution in [0.1, 0.15) is 29.4 Å². The first-order valence-electron chi connectivity index (χ1n) is 8.91. The highest BCUT2D eigenvalue weighted by molar-refractivity contribution is 5.80. The number of amides is 1. The number of aryl methyl sites for hydroxylation is 2. The summed E-state index contributed by atoms with van der Waals surface area (Å²) in [6, 6.07) is 9.65. The molecular weight excluding hydrogens is 340 g/mol. The van der Waals surface area contributed by atoms with Crippen molar-refractivity contribution >= 4 is 5.91 Å². The van der Waals surface area contributed by atoms with Crippen molar-refractivity contribution in [1.82, 2.24) is 19.9 Å². The highest BCUT2D eigenvalue weighted by Gasteiger charge is 2.16. The second-order valence-electron chi connectivity index (χ2n) is 6.54. The third kappa shape index (κ3) is 4.34. The lowest BCUT2D eigenvalue weighted by Gasteiger charge is -2.17. The molecule has 0 saturated heterocycles. The molecule has 0 aliphatic heterocycles. The molecule has 0 unspecified atom stereocenters. The highest BCUT2D eigenvalue weighted by Crippen LogP contribution is 2.21. The number of aromatic nitrogens is 3. The molecule has 0 bridgehead atoms. The van der Waals surface area contributed by atoms with E-state index in [1.54, 1.807) is 19.3 Å². The van der Waals surface area contributed by atoms with Gasteiger partial charge in [-0.15, -0.1) is 0 Å². The van der Waals surface area contributed by atoms with Crippen LogP contribution in [0.25, 0.3) is 5.82 Å². The van der Waals surface area contributed by atoms with Crippen LogP contribution in [-0.2, 0) is 11.3 Å². The molecule has 1 aromatic carbocycles. The lowest BCUT2D eigenvalue weighted by Crippen LogP contribution is -2.36. The van der Waals surface area contributed by atoms with Crippen LogP contribution in [0, 0.1) is 20.8 Å². The number of pyridine rings is 1. The second-order valence-corrected chi connectivity index (χ2v) is 6.54. The molecule has 1 atom stereocenters. The molecule has 1 amide bonds. The lowest BCUT2D eigenvalue weighted by molar-refractivity contribution is -0.127. The van der Waals surface area contributed by atoms with Crippen molar-refractivity contribution in [3.63, 3.8) is 0 Å². The molecule has 3 aromatic rings. The van der Waals surface area contributed by atoms with Gasteiger partial charge in [0.2, 0.25) is 0 Å². The van der Waals surface area contributed by atoms with Gasteiger partial charge in [0.25, 0.3) is 5.91 Å². The molecule has 0 saturated carbocycles. The van der Waals surface area contributed by atoms with Crippen LogP contribution in [0.5, 0.6) is 5.75 Å². The van der Waals surface area contributed by atoms with Gasteiger partial charge >= 0.3 is 0 Å². The quantitative estimate of drug-likeness (QED) is 0.729. The zero-order chi connectivity index (χ0) is 19.4. The van der Waals surface area contributed by atoms with Gasteiger partial charge in [-0.05, 0) is 62.6 Å². The number of nitrogens with one attached hydrogen (secondary N) is 1. The van der Waals surface area contributed by atoms with E-state index in [4.69, 9.17) is 4.74 Å². The Kier molecular flexibility index (Phi) is 5.54. The maximum Gasteiger partial charge on any atom is 0.261 e. The number of nitrogens with zero attached hydrogens (tertiary/aromatic N) is 3. The number of hydrogen-bond donors (Lipinski definition) is 1.